The Labute approximate surface area is 34.1 Å². The standard InChI is InChI=1S/C3H3OSi/c1-3(5)2-4/h1H3. The molecule has 0 spiro atoms. The average Bonchev–Trinajstić information content (AvgIpc) is 1.38. The van der Waals surface area contributed by atoms with E-state index < -0.39 is 0 Å². The topological polar surface area (TPSA) is 17.1 Å². The second-order valence-corrected chi connectivity index (χ2v) is 1.48. The molecule has 0 aromatic carbocycles. The van der Waals surface area contributed by atoms with E-state index in [1.54, 1.807) is 12.9 Å². The van der Waals surface area contributed by atoms with Gasteiger partial charge in [0.25, 0.3) is 0 Å². The van der Waals surface area contributed by atoms with Crippen molar-refractivity contribution in [2.24, 2.45) is 0 Å². The van der Waals surface area contributed by atoms with Gasteiger partial charge < -0.3 is 0 Å². The van der Waals surface area contributed by atoms with Gasteiger partial charge in [-0.05, 0) is 12.1 Å². The molecule has 0 N–H and O–H groups in total. The zero-order chi connectivity index (χ0) is 4.28. The van der Waals surface area contributed by atoms with E-state index in [-0.39, 0.29) is 0 Å². The Morgan fingerprint density at radius 3 is 2.20 bits per heavy atom. The van der Waals surface area contributed by atoms with Crippen molar-refractivity contribution in [1.29, 1.82) is 0 Å². The highest BCUT2D eigenvalue weighted by atomic mass is 28.1. The van der Waals surface area contributed by atoms with Crippen LogP contribution in [0.15, 0.2) is 5.20 Å². The largest absolute Gasteiger partial charge is 0.234 e. The highest BCUT2D eigenvalue weighted by molar-refractivity contribution is 6.25. The quantitative estimate of drug-likeness (QED) is 0.295. The molecule has 25 valence electrons. The van der Waals surface area contributed by atoms with E-state index in [0.29, 0.717) is 5.20 Å². The third-order valence-corrected chi connectivity index (χ3v) is 0.255. The molecule has 5 heavy (non-hydrogen) atoms. The van der Waals surface area contributed by atoms with Gasteiger partial charge in [0, 0.05) is 0 Å². The second kappa shape index (κ2) is 1.94. The molecule has 3 radical (unpaired) electrons. The highest BCUT2D eigenvalue weighted by Crippen LogP contribution is 1.63. The van der Waals surface area contributed by atoms with Crippen molar-refractivity contribution >= 4 is 16.2 Å². The summed E-state index contributed by atoms with van der Waals surface area (Å²) in [6, 6.07) is 0. The summed E-state index contributed by atoms with van der Waals surface area (Å²) in [5, 5.41) is 0.505. The van der Waals surface area contributed by atoms with Crippen LogP contribution in [0.5, 0.6) is 0 Å². The summed E-state index contributed by atoms with van der Waals surface area (Å²) >= 11 is 0. The fourth-order valence-electron chi connectivity index (χ4n) is 0. The van der Waals surface area contributed by atoms with Crippen molar-refractivity contribution in [2.75, 3.05) is 0 Å². The van der Waals surface area contributed by atoms with Gasteiger partial charge in [-0.3, -0.25) is 0 Å². The van der Waals surface area contributed by atoms with Crippen LogP contribution in [0.3, 0.4) is 0 Å². The van der Waals surface area contributed by atoms with Gasteiger partial charge >= 0.3 is 0 Å². The monoisotopic (exact) mass is 83.0 g/mol. The SMILES string of the molecule is CC([Si])=C=O. The minimum atomic E-state index is 0.505. The maximum absolute atomic E-state index is 9.29. The summed E-state index contributed by atoms with van der Waals surface area (Å²) in [6.45, 7) is 1.63. The molecule has 2 heteroatoms. The van der Waals surface area contributed by atoms with Crippen LogP contribution in [0.2, 0.25) is 0 Å². The predicted octanol–water partition coefficient (Wildman–Crippen LogP) is -0.110. The lowest BCUT2D eigenvalue weighted by Crippen LogP contribution is -1.66. The molecule has 0 saturated heterocycles. The molecule has 0 aliphatic carbocycles. The van der Waals surface area contributed by atoms with Crippen molar-refractivity contribution in [1.82, 2.24) is 0 Å². The summed E-state index contributed by atoms with van der Waals surface area (Å²) in [5.74, 6) is 1.61. The molecule has 0 saturated carbocycles. The Morgan fingerprint density at radius 1 is 2.00 bits per heavy atom. The van der Waals surface area contributed by atoms with Crippen LogP contribution in [0.4, 0.5) is 0 Å². The molecule has 0 rings (SSSR count). The van der Waals surface area contributed by atoms with Crippen LogP contribution in [0.1, 0.15) is 6.92 Å². The highest BCUT2D eigenvalue weighted by Gasteiger charge is 1.63. The van der Waals surface area contributed by atoms with Gasteiger partial charge in [0.2, 0.25) is 0 Å². The summed E-state index contributed by atoms with van der Waals surface area (Å²) in [5.41, 5.74) is 0. The second-order valence-electron chi connectivity index (χ2n) is 0.727. The van der Waals surface area contributed by atoms with Gasteiger partial charge in [0.05, 0.1) is 10.2 Å². The van der Waals surface area contributed by atoms with E-state index >= 15 is 0 Å². The van der Waals surface area contributed by atoms with Crippen LogP contribution in [-0.2, 0) is 4.79 Å². The molecule has 1 nitrogen and oxygen atoms in total. The molecule has 0 aromatic heterocycles. The maximum atomic E-state index is 9.29. The molecule has 0 fully saturated rings. The van der Waals surface area contributed by atoms with Crippen molar-refractivity contribution in [3.05, 3.63) is 5.20 Å². The average molecular weight is 83.1 g/mol. The lowest BCUT2D eigenvalue weighted by atomic mass is 10.7. The first-order chi connectivity index (χ1) is 2.27. The molecule has 0 aromatic rings. The van der Waals surface area contributed by atoms with Gasteiger partial charge in [-0.25, -0.2) is 4.79 Å². The first-order valence-corrected chi connectivity index (χ1v) is 1.70. The van der Waals surface area contributed by atoms with Gasteiger partial charge in [-0.15, -0.1) is 0 Å². The minimum absolute atomic E-state index is 0.505. The van der Waals surface area contributed by atoms with E-state index in [1.807, 2.05) is 0 Å². The van der Waals surface area contributed by atoms with E-state index in [0.717, 1.165) is 0 Å². The van der Waals surface area contributed by atoms with E-state index in [4.69, 9.17) is 0 Å². The van der Waals surface area contributed by atoms with E-state index in [2.05, 4.69) is 10.2 Å². The Balaban J connectivity index is 3.60. The summed E-state index contributed by atoms with van der Waals surface area (Å²) in [4.78, 5) is 9.29. The van der Waals surface area contributed by atoms with Crippen LogP contribution in [0, 0.1) is 0 Å². The fourth-order valence-corrected chi connectivity index (χ4v) is 0. The van der Waals surface area contributed by atoms with Gasteiger partial charge in [-0.2, -0.15) is 0 Å². The Kier molecular flexibility index (Phi) is 1.81. The van der Waals surface area contributed by atoms with Crippen LogP contribution < -0.4 is 0 Å². The first-order valence-electron chi connectivity index (χ1n) is 1.20. The van der Waals surface area contributed by atoms with Gasteiger partial charge in [-0.1, -0.05) is 0 Å². The van der Waals surface area contributed by atoms with Crippen LogP contribution in [-0.4, -0.2) is 16.2 Å². The summed E-state index contributed by atoms with van der Waals surface area (Å²) in [7, 11) is 2.91. The third kappa shape index (κ3) is 3.67. The Morgan fingerprint density at radius 2 is 2.20 bits per heavy atom. The van der Waals surface area contributed by atoms with Crippen molar-refractivity contribution in [2.45, 2.75) is 6.92 Å². The van der Waals surface area contributed by atoms with Gasteiger partial charge in [0.15, 0.2) is 0 Å². The minimum Gasteiger partial charge on any atom is -0.234 e. The number of hydrogen-bond donors (Lipinski definition) is 0. The Bertz CT molecular complexity index is 67.0. The summed E-state index contributed by atoms with van der Waals surface area (Å²) in [6.07, 6.45) is 0. The van der Waals surface area contributed by atoms with E-state index in [1.165, 1.54) is 0 Å². The van der Waals surface area contributed by atoms with E-state index in [9.17, 15) is 4.79 Å². The summed E-state index contributed by atoms with van der Waals surface area (Å²) < 4.78 is 0. The van der Waals surface area contributed by atoms with Crippen molar-refractivity contribution in [3.63, 3.8) is 0 Å². The molecular weight excluding hydrogens is 80.1 g/mol. The fraction of sp³-hybridized carbons (Fsp3) is 0.333. The maximum Gasteiger partial charge on any atom is 0.117 e. The zero-order valence-electron chi connectivity index (χ0n) is 2.91. The van der Waals surface area contributed by atoms with Gasteiger partial charge in [0.1, 0.15) is 5.94 Å². The Hall–Kier alpha value is -0.333. The smallest absolute Gasteiger partial charge is 0.117 e. The molecular formula is C3H3OSi. The molecule has 0 atom stereocenters. The number of hydrogen-bond acceptors (Lipinski definition) is 1. The van der Waals surface area contributed by atoms with Crippen LogP contribution in [0.25, 0.3) is 0 Å². The molecule has 0 bridgehead atoms. The number of allylic oxidation sites excluding steroid dienone is 1. The first kappa shape index (κ1) is 4.67. The number of rotatable bonds is 0. The zero-order valence-corrected chi connectivity index (χ0v) is 3.91. The normalized spacial score (nSPS) is 6.00. The lowest BCUT2D eigenvalue weighted by molar-refractivity contribution is 0.568. The molecule has 0 aliphatic heterocycles. The molecule has 0 amide bonds. The van der Waals surface area contributed by atoms with Crippen molar-refractivity contribution < 1.29 is 4.79 Å². The lowest BCUT2D eigenvalue weighted by Gasteiger charge is -1.61. The molecule has 0 unspecified atom stereocenters. The number of carbonyl (C=O) groups excluding carboxylic acids is 1. The van der Waals surface area contributed by atoms with Crippen LogP contribution >= 0.6 is 0 Å². The molecule has 0 heterocycles. The third-order valence-electron chi connectivity index (χ3n) is 0.153. The predicted molar refractivity (Wildman–Crippen MR) is 20.6 cm³/mol. The van der Waals surface area contributed by atoms with Crippen molar-refractivity contribution in [3.8, 4) is 0 Å². The molecule has 0 aliphatic rings.